The second-order valence-corrected chi connectivity index (χ2v) is 3.75. The Bertz CT molecular complexity index is 566. The monoisotopic (exact) mass is 245 g/mol. The molecule has 0 atom stereocenters. The molecule has 2 N–H and O–H groups in total. The zero-order valence-corrected chi connectivity index (χ0v) is 9.64. The molecule has 2 rings (SSSR count). The van der Waals surface area contributed by atoms with Crippen LogP contribution in [-0.2, 0) is 4.79 Å². The van der Waals surface area contributed by atoms with Crippen LogP contribution >= 0.6 is 0 Å². The Hall–Kier alpha value is -2.56. The van der Waals surface area contributed by atoms with Crippen molar-refractivity contribution in [2.24, 2.45) is 0 Å². The number of rotatable bonds is 2. The lowest BCUT2D eigenvalue weighted by Crippen LogP contribution is -2.06. The molecule has 5 nitrogen and oxygen atoms in total. The molecule has 0 heterocycles. The van der Waals surface area contributed by atoms with Crippen LogP contribution in [0, 0.1) is 0 Å². The Balaban J connectivity index is 2.35. The lowest BCUT2D eigenvalue weighted by molar-refractivity contribution is -0.131. The highest BCUT2D eigenvalue weighted by Crippen LogP contribution is 2.24. The molecule has 0 aromatic heterocycles. The number of ether oxygens (including phenoxy) is 1. The quantitative estimate of drug-likeness (QED) is 0.630. The number of carbonyl (C=O) groups is 2. The van der Waals surface area contributed by atoms with E-state index in [-0.39, 0.29) is 5.97 Å². The van der Waals surface area contributed by atoms with Gasteiger partial charge in [0, 0.05) is 12.6 Å². The first kappa shape index (κ1) is 11.9. The van der Waals surface area contributed by atoms with E-state index in [2.05, 4.69) is 5.32 Å². The van der Waals surface area contributed by atoms with Crippen LogP contribution in [0.25, 0.3) is 10.8 Å². The summed E-state index contributed by atoms with van der Waals surface area (Å²) in [6, 6.07) is 10.3. The zero-order chi connectivity index (χ0) is 13.1. The van der Waals surface area contributed by atoms with Gasteiger partial charge in [0.1, 0.15) is 5.75 Å². The summed E-state index contributed by atoms with van der Waals surface area (Å²) in [6.45, 7) is 1.34. The summed E-state index contributed by atoms with van der Waals surface area (Å²) in [6.07, 6.45) is -1.11. The van der Waals surface area contributed by atoms with Crippen LogP contribution in [-0.4, -0.2) is 17.2 Å². The minimum Gasteiger partial charge on any atom is -0.465 e. The lowest BCUT2D eigenvalue weighted by atomic mass is 10.1. The van der Waals surface area contributed by atoms with E-state index in [1.54, 1.807) is 36.4 Å². The number of benzene rings is 2. The van der Waals surface area contributed by atoms with Crippen molar-refractivity contribution in [3.8, 4) is 5.75 Å². The molecule has 0 saturated heterocycles. The molecule has 0 fully saturated rings. The molecule has 0 aliphatic carbocycles. The minimum absolute atomic E-state index is 0.376. The fourth-order valence-electron chi connectivity index (χ4n) is 1.65. The molecule has 0 saturated carbocycles. The van der Waals surface area contributed by atoms with Gasteiger partial charge in [0.2, 0.25) is 0 Å². The molecule has 5 heteroatoms. The molecule has 18 heavy (non-hydrogen) atoms. The molecular weight excluding hydrogens is 234 g/mol. The molecule has 0 unspecified atom stereocenters. The van der Waals surface area contributed by atoms with Crippen LogP contribution in [0.1, 0.15) is 6.92 Å². The first-order chi connectivity index (χ1) is 8.54. The largest absolute Gasteiger partial charge is 0.465 e. The minimum atomic E-state index is -1.11. The van der Waals surface area contributed by atoms with Crippen molar-refractivity contribution in [3.05, 3.63) is 36.4 Å². The average Bonchev–Trinajstić information content (AvgIpc) is 2.27. The molecule has 92 valence electrons. The SMILES string of the molecule is CC(=O)Oc1ccc2cc(NC(=O)O)ccc2c1. The van der Waals surface area contributed by atoms with Gasteiger partial charge in [0.15, 0.2) is 0 Å². The number of hydrogen-bond acceptors (Lipinski definition) is 3. The summed E-state index contributed by atoms with van der Waals surface area (Å²) in [5.74, 6) is 0.0902. The summed E-state index contributed by atoms with van der Waals surface area (Å²) in [5, 5.41) is 12.6. The Labute approximate surface area is 103 Å². The van der Waals surface area contributed by atoms with E-state index in [4.69, 9.17) is 9.84 Å². The summed E-state index contributed by atoms with van der Waals surface area (Å²) in [5.41, 5.74) is 0.496. The van der Waals surface area contributed by atoms with Crippen molar-refractivity contribution in [1.82, 2.24) is 0 Å². The standard InChI is InChI=1S/C13H11NO4/c1-8(15)18-12-5-3-9-6-11(14-13(16)17)4-2-10(9)7-12/h2-7,14H,1H3,(H,16,17). The number of carbonyl (C=O) groups excluding carboxylic acids is 1. The van der Waals surface area contributed by atoms with Crippen molar-refractivity contribution in [2.75, 3.05) is 5.32 Å². The van der Waals surface area contributed by atoms with E-state index in [0.717, 1.165) is 10.8 Å². The van der Waals surface area contributed by atoms with Crippen LogP contribution < -0.4 is 10.1 Å². The Morgan fingerprint density at radius 1 is 1.11 bits per heavy atom. The van der Waals surface area contributed by atoms with Gasteiger partial charge in [-0.05, 0) is 35.0 Å². The molecular formula is C13H11NO4. The van der Waals surface area contributed by atoms with E-state index >= 15 is 0 Å². The molecule has 2 aromatic carbocycles. The Morgan fingerprint density at radius 3 is 2.44 bits per heavy atom. The van der Waals surface area contributed by atoms with Crippen LogP contribution in [0.4, 0.5) is 10.5 Å². The van der Waals surface area contributed by atoms with Gasteiger partial charge in [-0.2, -0.15) is 0 Å². The second-order valence-electron chi connectivity index (χ2n) is 3.75. The maximum absolute atomic E-state index is 10.8. The van der Waals surface area contributed by atoms with Crippen molar-refractivity contribution in [2.45, 2.75) is 6.92 Å². The van der Waals surface area contributed by atoms with Crippen LogP contribution in [0.5, 0.6) is 5.75 Å². The average molecular weight is 245 g/mol. The van der Waals surface area contributed by atoms with E-state index in [1.165, 1.54) is 6.92 Å². The summed E-state index contributed by atoms with van der Waals surface area (Å²) in [4.78, 5) is 21.3. The normalized spacial score (nSPS) is 10.1. The predicted molar refractivity (Wildman–Crippen MR) is 66.9 cm³/mol. The first-order valence-corrected chi connectivity index (χ1v) is 5.27. The van der Waals surface area contributed by atoms with Crippen LogP contribution in [0.2, 0.25) is 0 Å². The molecule has 0 spiro atoms. The maximum atomic E-state index is 10.8. The molecule has 0 aliphatic heterocycles. The van der Waals surface area contributed by atoms with Gasteiger partial charge in [-0.25, -0.2) is 4.79 Å². The smallest absolute Gasteiger partial charge is 0.409 e. The van der Waals surface area contributed by atoms with Gasteiger partial charge in [-0.15, -0.1) is 0 Å². The number of hydrogen-bond donors (Lipinski definition) is 2. The lowest BCUT2D eigenvalue weighted by Gasteiger charge is -2.05. The molecule has 0 radical (unpaired) electrons. The maximum Gasteiger partial charge on any atom is 0.409 e. The molecule has 1 amide bonds. The van der Waals surface area contributed by atoms with Gasteiger partial charge < -0.3 is 9.84 Å². The van der Waals surface area contributed by atoms with Crippen molar-refractivity contribution in [1.29, 1.82) is 0 Å². The van der Waals surface area contributed by atoms with Crippen molar-refractivity contribution < 1.29 is 19.4 Å². The molecule has 2 aromatic rings. The van der Waals surface area contributed by atoms with Crippen LogP contribution in [0.15, 0.2) is 36.4 Å². The molecule has 0 bridgehead atoms. The van der Waals surface area contributed by atoms with Crippen molar-refractivity contribution in [3.63, 3.8) is 0 Å². The zero-order valence-electron chi connectivity index (χ0n) is 9.64. The molecule has 0 aliphatic rings. The van der Waals surface area contributed by atoms with Gasteiger partial charge in [0.25, 0.3) is 0 Å². The highest BCUT2D eigenvalue weighted by Gasteiger charge is 2.02. The highest BCUT2D eigenvalue weighted by atomic mass is 16.5. The first-order valence-electron chi connectivity index (χ1n) is 5.27. The summed E-state index contributed by atoms with van der Waals surface area (Å²) < 4.78 is 4.97. The fraction of sp³-hybridized carbons (Fsp3) is 0.0769. The number of carboxylic acid groups (broad SMARTS) is 1. The van der Waals surface area contributed by atoms with Gasteiger partial charge in [-0.1, -0.05) is 12.1 Å². The second kappa shape index (κ2) is 4.75. The van der Waals surface area contributed by atoms with Gasteiger partial charge >= 0.3 is 12.1 Å². The topological polar surface area (TPSA) is 75.6 Å². The number of esters is 1. The summed E-state index contributed by atoms with van der Waals surface area (Å²) in [7, 11) is 0. The van der Waals surface area contributed by atoms with E-state index < -0.39 is 6.09 Å². The van der Waals surface area contributed by atoms with Gasteiger partial charge in [-0.3, -0.25) is 10.1 Å². The van der Waals surface area contributed by atoms with Crippen LogP contribution in [0.3, 0.4) is 0 Å². The van der Waals surface area contributed by atoms with E-state index in [0.29, 0.717) is 11.4 Å². The van der Waals surface area contributed by atoms with Crippen molar-refractivity contribution >= 4 is 28.5 Å². The third kappa shape index (κ3) is 2.76. The third-order valence-corrected chi connectivity index (χ3v) is 2.32. The number of anilines is 1. The van der Waals surface area contributed by atoms with E-state index in [9.17, 15) is 9.59 Å². The Morgan fingerprint density at radius 2 is 1.78 bits per heavy atom. The summed E-state index contributed by atoms with van der Waals surface area (Å²) >= 11 is 0. The number of amides is 1. The number of fused-ring (bicyclic) bond motifs is 1. The predicted octanol–water partition coefficient (Wildman–Crippen LogP) is 2.86. The Kier molecular flexibility index (Phi) is 3.14. The van der Waals surface area contributed by atoms with Gasteiger partial charge in [0.05, 0.1) is 0 Å². The fourth-order valence-corrected chi connectivity index (χ4v) is 1.65. The number of nitrogens with one attached hydrogen (secondary N) is 1. The van der Waals surface area contributed by atoms with E-state index in [1.807, 2.05) is 0 Å². The third-order valence-electron chi connectivity index (χ3n) is 2.32. The highest BCUT2D eigenvalue weighted by molar-refractivity contribution is 5.91.